The fourth-order valence-corrected chi connectivity index (χ4v) is 5.24. The van der Waals surface area contributed by atoms with E-state index in [9.17, 15) is 4.79 Å². The van der Waals surface area contributed by atoms with Gasteiger partial charge in [-0.1, -0.05) is 35.9 Å². The van der Waals surface area contributed by atoms with Crippen LogP contribution < -0.4 is 5.32 Å². The number of carbonyl (C=O) groups is 1. The molecule has 0 unspecified atom stereocenters. The van der Waals surface area contributed by atoms with Crippen LogP contribution >= 0.6 is 34.7 Å². The number of rotatable bonds is 6. The van der Waals surface area contributed by atoms with Crippen LogP contribution in [0.2, 0.25) is 5.02 Å². The number of amides is 1. The van der Waals surface area contributed by atoms with E-state index in [2.05, 4.69) is 40.7 Å². The summed E-state index contributed by atoms with van der Waals surface area (Å²) >= 11 is 9.37. The highest BCUT2D eigenvalue weighted by Crippen LogP contribution is 2.30. The minimum absolute atomic E-state index is 0.0272. The van der Waals surface area contributed by atoms with E-state index in [4.69, 9.17) is 11.6 Å². The number of thiophene rings is 1. The Kier molecular flexibility index (Phi) is 7.16. The summed E-state index contributed by atoms with van der Waals surface area (Å²) in [5.41, 5.74) is 2.40. The molecule has 1 aliphatic rings. The average molecular weight is 457 g/mol. The van der Waals surface area contributed by atoms with Crippen molar-refractivity contribution in [3.63, 3.8) is 0 Å². The topological polar surface area (TPSA) is 32.3 Å². The molecule has 3 aromatic rings. The van der Waals surface area contributed by atoms with E-state index in [1.165, 1.54) is 21.8 Å². The fourth-order valence-electron chi connectivity index (χ4n) is 3.74. The van der Waals surface area contributed by atoms with Gasteiger partial charge in [0.2, 0.25) is 0 Å². The number of halogens is 1. The Morgan fingerprint density at radius 2 is 1.90 bits per heavy atom. The minimum atomic E-state index is 0.0272. The lowest BCUT2D eigenvalue weighted by atomic mass is 10.0. The number of thioether (sulfide) groups is 1. The molecule has 0 bridgehead atoms. The van der Waals surface area contributed by atoms with Gasteiger partial charge in [0.05, 0.1) is 4.88 Å². The molecule has 0 radical (unpaired) electrons. The van der Waals surface area contributed by atoms with E-state index < -0.39 is 0 Å². The van der Waals surface area contributed by atoms with Crippen molar-refractivity contribution in [1.82, 2.24) is 10.2 Å². The Bertz CT molecular complexity index is 994. The lowest BCUT2D eigenvalue weighted by molar-refractivity contribution is 0.0913. The van der Waals surface area contributed by atoms with Crippen LogP contribution in [0.4, 0.5) is 0 Å². The largest absolute Gasteiger partial charge is 0.349 e. The van der Waals surface area contributed by atoms with E-state index in [0.717, 1.165) is 47.8 Å². The second-order valence-electron chi connectivity index (χ2n) is 7.55. The molecule has 0 aliphatic carbocycles. The van der Waals surface area contributed by atoms with Crippen molar-refractivity contribution in [2.24, 2.45) is 0 Å². The van der Waals surface area contributed by atoms with Crippen LogP contribution in [0.5, 0.6) is 0 Å². The second kappa shape index (κ2) is 10.0. The molecule has 1 N–H and O–H groups in total. The smallest absolute Gasteiger partial charge is 0.261 e. The Labute approximate surface area is 191 Å². The van der Waals surface area contributed by atoms with Crippen molar-refractivity contribution in [3.8, 4) is 10.4 Å². The van der Waals surface area contributed by atoms with Gasteiger partial charge in [-0.15, -0.1) is 23.1 Å². The van der Waals surface area contributed by atoms with Gasteiger partial charge in [0.25, 0.3) is 5.91 Å². The zero-order valence-electron chi connectivity index (χ0n) is 16.9. The van der Waals surface area contributed by atoms with Gasteiger partial charge >= 0.3 is 0 Å². The maximum Gasteiger partial charge on any atom is 0.261 e. The van der Waals surface area contributed by atoms with Gasteiger partial charge in [0.15, 0.2) is 0 Å². The van der Waals surface area contributed by atoms with Crippen LogP contribution in [0.15, 0.2) is 65.6 Å². The second-order valence-corrected chi connectivity index (χ2v) is 9.95. The van der Waals surface area contributed by atoms with E-state index in [1.807, 2.05) is 36.4 Å². The number of piperidine rings is 1. The SMILES string of the molecule is CSc1ccc(CN2CCC(NC(=O)c3ccc(-c4cccc(Cl)c4)s3)CC2)cc1. The summed E-state index contributed by atoms with van der Waals surface area (Å²) in [6.45, 7) is 2.99. The molecule has 1 amide bonds. The maximum absolute atomic E-state index is 12.7. The molecule has 2 heterocycles. The molecule has 1 fully saturated rings. The van der Waals surface area contributed by atoms with Crippen LogP contribution in [0.1, 0.15) is 28.1 Å². The molecule has 6 heteroatoms. The molecule has 2 aromatic carbocycles. The Balaban J connectivity index is 1.28. The molecule has 0 saturated carbocycles. The van der Waals surface area contributed by atoms with Crippen LogP contribution in [0.25, 0.3) is 10.4 Å². The minimum Gasteiger partial charge on any atom is -0.349 e. The van der Waals surface area contributed by atoms with Gasteiger partial charge < -0.3 is 5.32 Å². The number of carbonyl (C=O) groups excluding carboxylic acids is 1. The zero-order valence-corrected chi connectivity index (χ0v) is 19.3. The maximum atomic E-state index is 12.7. The van der Waals surface area contributed by atoms with Crippen molar-refractivity contribution in [2.75, 3.05) is 19.3 Å². The van der Waals surface area contributed by atoms with Crippen LogP contribution in [-0.4, -0.2) is 36.2 Å². The summed E-state index contributed by atoms with van der Waals surface area (Å²) in [6, 6.07) is 20.7. The number of benzene rings is 2. The highest BCUT2D eigenvalue weighted by molar-refractivity contribution is 7.98. The quantitative estimate of drug-likeness (QED) is 0.449. The Morgan fingerprint density at radius 1 is 1.13 bits per heavy atom. The van der Waals surface area contributed by atoms with Crippen LogP contribution in [0.3, 0.4) is 0 Å². The average Bonchev–Trinajstić information content (AvgIpc) is 3.26. The summed E-state index contributed by atoms with van der Waals surface area (Å²) in [4.78, 5) is 18.3. The number of nitrogens with one attached hydrogen (secondary N) is 1. The number of likely N-dealkylation sites (tertiary alicyclic amines) is 1. The zero-order chi connectivity index (χ0) is 20.9. The first-order chi connectivity index (χ1) is 14.6. The first-order valence-electron chi connectivity index (χ1n) is 10.1. The normalized spacial score (nSPS) is 15.3. The molecular weight excluding hydrogens is 432 g/mol. The van der Waals surface area contributed by atoms with Crippen molar-refractivity contribution < 1.29 is 4.79 Å². The Hall–Kier alpha value is -1.79. The van der Waals surface area contributed by atoms with Crippen LogP contribution in [-0.2, 0) is 6.54 Å². The fraction of sp³-hybridized carbons (Fsp3) is 0.292. The third-order valence-electron chi connectivity index (χ3n) is 5.43. The number of hydrogen-bond donors (Lipinski definition) is 1. The lowest BCUT2D eigenvalue weighted by Crippen LogP contribution is -2.44. The summed E-state index contributed by atoms with van der Waals surface area (Å²) in [6.07, 6.45) is 4.07. The van der Waals surface area contributed by atoms with E-state index in [1.54, 1.807) is 11.8 Å². The first-order valence-corrected chi connectivity index (χ1v) is 12.5. The molecule has 1 aromatic heterocycles. The van der Waals surface area contributed by atoms with Gasteiger partial charge in [-0.05, 0) is 66.6 Å². The van der Waals surface area contributed by atoms with E-state index >= 15 is 0 Å². The molecular formula is C24H25ClN2OS2. The molecule has 1 aliphatic heterocycles. The lowest BCUT2D eigenvalue weighted by Gasteiger charge is -2.32. The Morgan fingerprint density at radius 3 is 2.60 bits per heavy atom. The molecule has 4 rings (SSSR count). The molecule has 3 nitrogen and oxygen atoms in total. The van der Waals surface area contributed by atoms with Gasteiger partial charge in [0, 0.05) is 40.5 Å². The predicted octanol–water partition coefficient (Wildman–Crippen LogP) is 6.18. The highest BCUT2D eigenvalue weighted by atomic mass is 35.5. The van der Waals surface area contributed by atoms with Gasteiger partial charge in [-0.25, -0.2) is 0 Å². The summed E-state index contributed by atoms with van der Waals surface area (Å²) < 4.78 is 0. The van der Waals surface area contributed by atoms with Crippen LogP contribution in [0, 0.1) is 0 Å². The molecule has 0 atom stereocenters. The molecule has 0 spiro atoms. The molecule has 30 heavy (non-hydrogen) atoms. The van der Waals surface area contributed by atoms with Crippen molar-refractivity contribution >= 4 is 40.6 Å². The van der Waals surface area contributed by atoms with Crippen molar-refractivity contribution in [3.05, 3.63) is 76.1 Å². The summed E-state index contributed by atoms with van der Waals surface area (Å²) in [5.74, 6) is 0.0272. The van der Waals surface area contributed by atoms with Gasteiger partial charge in [-0.3, -0.25) is 9.69 Å². The monoisotopic (exact) mass is 456 g/mol. The summed E-state index contributed by atoms with van der Waals surface area (Å²) in [7, 11) is 0. The van der Waals surface area contributed by atoms with E-state index in [-0.39, 0.29) is 11.9 Å². The number of hydrogen-bond acceptors (Lipinski definition) is 4. The highest BCUT2D eigenvalue weighted by Gasteiger charge is 2.22. The summed E-state index contributed by atoms with van der Waals surface area (Å²) in [5, 5.41) is 3.93. The van der Waals surface area contributed by atoms with Crippen molar-refractivity contribution in [1.29, 1.82) is 0 Å². The van der Waals surface area contributed by atoms with Gasteiger partial charge in [-0.2, -0.15) is 0 Å². The van der Waals surface area contributed by atoms with Gasteiger partial charge in [0.1, 0.15) is 0 Å². The third-order valence-corrected chi connectivity index (χ3v) is 7.54. The van der Waals surface area contributed by atoms with E-state index in [0.29, 0.717) is 5.02 Å². The number of nitrogens with zero attached hydrogens (tertiary/aromatic N) is 1. The first kappa shape index (κ1) is 21.4. The van der Waals surface area contributed by atoms with Crippen molar-refractivity contribution in [2.45, 2.75) is 30.3 Å². The third kappa shape index (κ3) is 5.46. The predicted molar refractivity (Wildman–Crippen MR) is 129 cm³/mol. The molecule has 1 saturated heterocycles. The molecule has 156 valence electrons. The standard InChI is InChI=1S/C24H25ClN2OS2/c1-29-21-7-5-17(6-8-21)16-27-13-11-20(12-14-27)26-24(28)23-10-9-22(30-23)18-3-2-4-19(25)15-18/h2-10,15,20H,11-14,16H2,1H3,(H,26,28).